The Kier molecular flexibility index (Phi) is 3.52. The molecule has 0 aromatic heterocycles. The van der Waals surface area contributed by atoms with Crippen LogP contribution in [-0.2, 0) is 6.54 Å². The fourth-order valence-corrected chi connectivity index (χ4v) is 1.56. The second-order valence-corrected chi connectivity index (χ2v) is 3.76. The summed E-state index contributed by atoms with van der Waals surface area (Å²) in [5, 5.41) is 13.6. The Morgan fingerprint density at radius 2 is 1.89 bits per heavy atom. The minimum absolute atomic E-state index is 0.520. The number of nitrogens with zero attached hydrogens (tertiary/aromatic N) is 1. The van der Waals surface area contributed by atoms with E-state index in [0.717, 1.165) is 11.6 Å². The van der Waals surface area contributed by atoms with E-state index >= 15 is 0 Å². The van der Waals surface area contributed by atoms with Crippen molar-refractivity contribution in [3.63, 3.8) is 0 Å². The Balaban J connectivity index is 2.11. The highest BCUT2D eigenvalue weighted by atomic mass is 19.1. The van der Waals surface area contributed by atoms with Gasteiger partial charge in [-0.25, -0.2) is 0 Å². The zero-order chi connectivity index (χ0) is 13.0. The maximum Gasteiger partial charge on any atom is 0.306 e. The summed E-state index contributed by atoms with van der Waals surface area (Å²) in [6.45, 7) is 0.531. The van der Waals surface area contributed by atoms with Crippen molar-refractivity contribution in [3.8, 4) is 0 Å². The van der Waals surface area contributed by atoms with Gasteiger partial charge in [0.05, 0.1) is 4.92 Å². The molecule has 0 saturated heterocycles. The highest BCUT2D eigenvalue weighted by Crippen LogP contribution is 2.21. The number of halogens is 1. The molecule has 0 fully saturated rings. The molecule has 0 aliphatic heterocycles. The Morgan fingerprint density at radius 3 is 2.56 bits per heavy atom. The number of anilines is 1. The van der Waals surface area contributed by atoms with Gasteiger partial charge in [0.1, 0.15) is 0 Å². The van der Waals surface area contributed by atoms with Crippen LogP contribution in [0.4, 0.5) is 15.8 Å². The van der Waals surface area contributed by atoms with Crippen LogP contribution in [0.15, 0.2) is 48.5 Å². The van der Waals surface area contributed by atoms with Crippen LogP contribution in [0.25, 0.3) is 0 Å². The van der Waals surface area contributed by atoms with Crippen LogP contribution in [0, 0.1) is 15.9 Å². The van der Waals surface area contributed by atoms with Gasteiger partial charge in [0, 0.05) is 18.3 Å². The van der Waals surface area contributed by atoms with E-state index in [1.165, 1.54) is 12.1 Å². The van der Waals surface area contributed by atoms with Gasteiger partial charge in [0.15, 0.2) is 0 Å². The van der Waals surface area contributed by atoms with Gasteiger partial charge >= 0.3 is 5.69 Å². The fraction of sp³-hybridized carbons (Fsp3) is 0.0769. The van der Waals surface area contributed by atoms with Gasteiger partial charge in [0.2, 0.25) is 5.82 Å². The van der Waals surface area contributed by atoms with Crippen LogP contribution in [-0.4, -0.2) is 4.92 Å². The van der Waals surface area contributed by atoms with Gasteiger partial charge in [0.25, 0.3) is 0 Å². The standard InChI is InChI=1S/C13H11FN2O2/c14-12-7-6-11(8-13(12)16(17)18)15-9-10-4-2-1-3-5-10/h1-8,15H,9H2. The van der Waals surface area contributed by atoms with Crippen LogP contribution in [0.5, 0.6) is 0 Å². The maximum absolute atomic E-state index is 13.1. The van der Waals surface area contributed by atoms with E-state index in [-0.39, 0.29) is 0 Å². The zero-order valence-corrected chi connectivity index (χ0v) is 9.47. The zero-order valence-electron chi connectivity index (χ0n) is 9.47. The molecule has 0 spiro atoms. The summed E-state index contributed by atoms with van der Waals surface area (Å²) in [5.74, 6) is -0.828. The lowest BCUT2D eigenvalue weighted by atomic mass is 10.2. The summed E-state index contributed by atoms with van der Waals surface area (Å²) < 4.78 is 13.1. The van der Waals surface area contributed by atoms with E-state index in [9.17, 15) is 14.5 Å². The highest BCUT2D eigenvalue weighted by Gasteiger charge is 2.13. The molecule has 1 N–H and O–H groups in total. The lowest BCUT2D eigenvalue weighted by Gasteiger charge is -2.06. The molecule has 0 atom stereocenters. The minimum Gasteiger partial charge on any atom is -0.381 e. The predicted octanol–water partition coefficient (Wildman–Crippen LogP) is 3.35. The van der Waals surface area contributed by atoms with E-state index in [2.05, 4.69) is 5.32 Å². The minimum atomic E-state index is -0.828. The van der Waals surface area contributed by atoms with E-state index < -0.39 is 16.4 Å². The number of nitrogens with one attached hydrogen (secondary N) is 1. The summed E-state index contributed by atoms with van der Waals surface area (Å²) in [6, 6.07) is 13.4. The Hall–Kier alpha value is -2.43. The first-order valence-electron chi connectivity index (χ1n) is 5.38. The number of rotatable bonds is 4. The van der Waals surface area contributed by atoms with Gasteiger partial charge in [-0.1, -0.05) is 30.3 Å². The van der Waals surface area contributed by atoms with E-state index in [1.807, 2.05) is 30.3 Å². The molecule has 4 nitrogen and oxygen atoms in total. The van der Waals surface area contributed by atoms with Crippen molar-refractivity contribution in [3.05, 3.63) is 70.0 Å². The monoisotopic (exact) mass is 246 g/mol. The quantitative estimate of drug-likeness (QED) is 0.664. The second kappa shape index (κ2) is 5.27. The summed E-state index contributed by atoms with van der Waals surface area (Å²) in [7, 11) is 0. The van der Waals surface area contributed by atoms with Gasteiger partial charge in [-0.2, -0.15) is 4.39 Å². The lowest BCUT2D eigenvalue weighted by molar-refractivity contribution is -0.387. The third kappa shape index (κ3) is 2.82. The van der Waals surface area contributed by atoms with Crippen molar-refractivity contribution in [1.29, 1.82) is 0 Å². The fourth-order valence-electron chi connectivity index (χ4n) is 1.56. The van der Waals surface area contributed by atoms with Crippen molar-refractivity contribution < 1.29 is 9.31 Å². The molecule has 0 radical (unpaired) electrons. The van der Waals surface area contributed by atoms with Crippen LogP contribution < -0.4 is 5.32 Å². The molecule has 0 bridgehead atoms. The molecule has 2 aromatic rings. The molecule has 2 aromatic carbocycles. The normalized spacial score (nSPS) is 10.1. The molecular formula is C13H11FN2O2. The van der Waals surface area contributed by atoms with E-state index in [1.54, 1.807) is 0 Å². The molecule has 92 valence electrons. The summed E-state index contributed by atoms with van der Waals surface area (Å²) in [4.78, 5) is 9.85. The first-order valence-corrected chi connectivity index (χ1v) is 5.38. The Labute approximate surface area is 103 Å². The van der Waals surface area contributed by atoms with Crippen molar-refractivity contribution in [2.75, 3.05) is 5.32 Å². The van der Waals surface area contributed by atoms with E-state index in [4.69, 9.17) is 0 Å². The van der Waals surface area contributed by atoms with Gasteiger partial charge < -0.3 is 5.32 Å². The van der Waals surface area contributed by atoms with Crippen molar-refractivity contribution in [1.82, 2.24) is 0 Å². The van der Waals surface area contributed by atoms with Crippen LogP contribution in [0.2, 0.25) is 0 Å². The Bertz CT molecular complexity index is 558. The smallest absolute Gasteiger partial charge is 0.306 e. The number of hydrogen-bond acceptors (Lipinski definition) is 3. The average molecular weight is 246 g/mol. The molecule has 0 unspecified atom stereocenters. The highest BCUT2D eigenvalue weighted by molar-refractivity contribution is 5.52. The summed E-state index contributed by atoms with van der Waals surface area (Å²) in [5.41, 5.74) is 1.05. The van der Waals surface area contributed by atoms with Gasteiger partial charge in [-0.3, -0.25) is 10.1 Å². The van der Waals surface area contributed by atoms with Crippen molar-refractivity contribution >= 4 is 11.4 Å². The first kappa shape index (κ1) is 12.0. The summed E-state index contributed by atoms with van der Waals surface area (Å²) in [6.07, 6.45) is 0. The van der Waals surface area contributed by atoms with Gasteiger partial charge in [-0.15, -0.1) is 0 Å². The first-order chi connectivity index (χ1) is 8.66. The topological polar surface area (TPSA) is 55.2 Å². The van der Waals surface area contributed by atoms with Crippen LogP contribution in [0.3, 0.4) is 0 Å². The van der Waals surface area contributed by atoms with Crippen molar-refractivity contribution in [2.45, 2.75) is 6.54 Å². The third-order valence-electron chi connectivity index (χ3n) is 2.48. The molecule has 0 saturated carbocycles. The maximum atomic E-state index is 13.1. The number of nitro groups is 1. The second-order valence-electron chi connectivity index (χ2n) is 3.76. The molecule has 0 amide bonds. The largest absolute Gasteiger partial charge is 0.381 e. The molecule has 0 heterocycles. The van der Waals surface area contributed by atoms with Crippen LogP contribution in [0.1, 0.15) is 5.56 Å². The number of nitro benzene ring substituents is 1. The molecule has 0 aliphatic carbocycles. The predicted molar refractivity (Wildman–Crippen MR) is 66.8 cm³/mol. The average Bonchev–Trinajstić information content (AvgIpc) is 2.38. The molecule has 18 heavy (non-hydrogen) atoms. The van der Waals surface area contributed by atoms with Gasteiger partial charge in [-0.05, 0) is 17.7 Å². The molecular weight excluding hydrogens is 235 g/mol. The number of benzene rings is 2. The molecule has 5 heteroatoms. The van der Waals surface area contributed by atoms with Crippen molar-refractivity contribution in [2.24, 2.45) is 0 Å². The SMILES string of the molecule is O=[N+]([O-])c1cc(NCc2ccccc2)ccc1F. The van der Waals surface area contributed by atoms with E-state index in [0.29, 0.717) is 12.2 Å². The molecule has 2 rings (SSSR count). The third-order valence-corrected chi connectivity index (χ3v) is 2.48. The summed E-state index contributed by atoms with van der Waals surface area (Å²) >= 11 is 0. The number of hydrogen-bond donors (Lipinski definition) is 1. The van der Waals surface area contributed by atoms with Crippen LogP contribution >= 0.6 is 0 Å². The Morgan fingerprint density at radius 1 is 1.17 bits per heavy atom. The lowest BCUT2D eigenvalue weighted by Crippen LogP contribution is -2.00. The molecule has 0 aliphatic rings.